The Balaban J connectivity index is 1.90. The molecule has 12 heteroatoms. The standard InChI is InChI=1S/C33H40N3O7PS/c1-2-42-33(40)28(34)18-19-30(37)36(29(24-45)32(39)35-20-31(38)43-21-25-12-6-3-7-13-25)44(41,22-26-14-8-4-9-15-26)23-27-16-10-5-11-17-27/h3-17,28-29,45H,2,18-24,34H2,1H3,(H,35,39). The first-order valence-electron chi connectivity index (χ1n) is 14.7. The van der Waals surface area contributed by atoms with E-state index in [-0.39, 0.29) is 44.1 Å². The average molecular weight is 654 g/mol. The van der Waals surface area contributed by atoms with E-state index in [2.05, 4.69) is 17.9 Å². The Morgan fingerprint density at radius 2 is 1.36 bits per heavy atom. The molecule has 0 saturated carbocycles. The lowest BCUT2D eigenvalue weighted by Gasteiger charge is -2.37. The van der Waals surface area contributed by atoms with Crippen molar-refractivity contribution in [3.8, 4) is 0 Å². The molecule has 2 atom stereocenters. The molecule has 3 rings (SSSR count). The molecule has 0 heterocycles. The van der Waals surface area contributed by atoms with Crippen molar-refractivity contribution in [3.63, 3.8) is 0 Å². The predicted molar refractivity (Wildman–Crippen MR) is 175 cm³/mol. The minimum absolute atomic E-state index is 0.0188. The fourth-order valence-electron chi connectivity index (χ4n) is 4.67. The number of benzene rings is 3. The van der Waals surface area contributed by atoms with Gasteiger partial charge in [-0.15, -0.1) is 0 Å². The normalized spacial score (nSPS) is 12.4. The molecule has 240 valence electrons. The Bertz CT molecular complexity index is 1400. The molecule has 2 amide bonds. The molecule has 0 bridgehead atoms. The molecule has 2 unspecified atom stereocenters. The van der Waals surface area contributed by atoms with Crippen LogP contribution >= 0.6 is 19.9 Å². The summed E-state index contributed by atoms with van der Waals surface area (Å²) in [5.74, 6) is -2.88. The molecule has 3 N–H and O–H groups in total. The highest BCUT2D eigenvalue weighted by atomic mass is 32.1. The zero-order valence-corrected chi connectivity index (χ0v) is 27.0. The summed E-state index contributed by atoms with van der Waals surface area (Å²) in [6, 6.07) is 24.8. The van der Waals surface area contributed by atoms with Crippen LogP contribution in [-0.4, -0.2) is 59.4 Å². The van der Waals surface area contributed by atoms with Crippen molar-refractivity contribution >= 4 is 43.7 Å². The first-order valence-corrected chi connectivity index (χ1v) is 17.3. The van der Waals surface area contributed by atoms with Gasteiger partial charge >= 0.3 is 11.9 Å². The summed E-state index contributed by atoms with van der Waals surface area (Å²) in [6.07, 6.45) is -0.397. The van der Waals surface area contributed by atoms with Crippen LogP contribution in [0.5, 0.6) is 0 Å². The van der Waals surface area contributed by atoms with Crippen molar-refractivity contribution in [3.05, 3.63) is 108 Å². The third-order valence-corrected chi connectivity index (χ3v) is 10.2. The second-order valence-corrected chi connectivity index (χ2v) is 13.5. The van der Waals surface area contributed by atoms with Crippen LogP contribution in [0.4, 0.5) is 0 Å². The van der Waals surface area contributed by atoms with E-state index in [1.807, 2.05) is 30.3 Å². The van der Waals surface area contributed by atoms with E-state index in [1.54, 1.807) is 67.6 Å². The number of carbonyl (C=O) groups is 4. The van der Waals surface area contributed by atoms with Crippen LogP contribution in [-0.2, 0) is 52.1 Å². The molecular weight excluding hydrogens is 613 g/mol. The Hall–Kier alpha value is -3.92. The molecule has 0 aliphatic heterocycles. The number of thiol groups is 1. The van der Waals surface area contributed by atoms with Crippen LogP contribution in [0.3, 0.4) is 0 Å². The van der Waals surface area contributed by atoms with Gasteiger partial charge in [-0.25, -0.2) is 0 Å². The smallest absolute Gasteiger partial charge is 0.325 e. The largest absolute Gasteiger partial charge is 0.465 e. The number of carbonyl (C=O) groups excluding carboxylic acids is 4. The maximum atomic E-state index is 15.2. The number of ether oxygens (including phenoxy) is 2. The first-order chi connectivity index (χ1) is 21.7. The zero-order chi connectivity index (χ0) is 32.7. The topological polar surface area (TPSA) is 145 Å². The number of hydrogen-bond acceptors (Lipinski definition) is 9. The Kier molecular flexibility index (Phi) is 14.3. The van der Waals surface area contributed by atoms with Gasteiger partial charge in [0, 0.05) is 24.5 Å². The SMILES string of the molecule is CCOC(=O)C(N)CCC(=O)N(C(CS)C(=O)NCC(=O)OCc1ccccc1)P(=O)(Cc1ccccc1)Cc1ccccc1. The van der Waals surface area contributed by atoms with Gasteiger partial charge in [0.1, 0.15) is 25.2 Å². The maximum Gasteiger partial charge on any atom is 0.325 e. The average Bonchev–Trinajstić information content (AvgIpc) is 3.05. The van der Waals surface area contributed by atoms with Gasteiger partial charge in [-0.05, 0) is 30.0 Å². The summed E-state index contributed by atoms with van der Waals surface area (Å²) in [5.41, 5.74) is 8.17. The quantitative estimate of drug-likeness (QED) is 0.111. The van der Waals surface area contributed by atoms with Crippen LogP contribution in [0.2, 0.25) is 0 Å². The summed E-state index contributed by atoms with van der Waals surface area (Å²) in [7, 11) is -3.75. The molecule has 45 heavy (non-hydrogen) atoms. The molecule has 0 radical (unpaired) electrons. The number of nitrogens with zero attached hydrogens (tertiary/aromatic N) is 1. The van der Waals surface area contributed by atoms with Crippen LogP contribution in [0.1, 0.15) is 36.5 Å². The summed E-state index contributed by atoms with van der Waals surface area (Å²) < 4.78 is 26.5. The Morgan fingerprint density at radius 1 is 0.844 bits per heavy atom. The highest BCUT2D eigenvalue weighted by molar-refractivity contribution is 7.80. The van der Waals surface area contributed by atoms with Crippen molar-refractivity contribution in [2.75, 3.05) is 18.9 Å². The van der Waals surface area contributed by atoms with Crippen molar-refractivity contribution in [1.29, 1.82) is 0 Å². The monoisotopic (exact) mass is 653 g/mol. The fourth-order valence-corrected chi connectivity index (χ4v) is 8.31. The molecule has 0 aliphatic rings. The predicted octanol–water partition coefficient (Wildman–Crippen LogP) is 4.32. The van der Waals surface area contributed by atoms with E-state index in [1.165, 1.54) is 0 Å². The van der Waals surface area contributed by atoms with Crippen LogP contribution in [0, 0.1) is 0 Å². The molecule has 0 aliphatic carbocycles. The number of amides is 2. The molecule has 3 aromatic rings. The van der Waals surface area contributed by atoms with Gasteiger partial charge in [0.2, 0.25) is 11.8 Å². The van der Waals surface area contributed by atoms with E-state index in [9.17, 15) is 19.2 Å². The zero-order valence-electron chi connectivity index (χ0n) is 25.2. The number of rotatable bonds is 17. The van der Waals surface area contributed by atoms with Gasteiger partial charge in [0.15, 0.2) is 7.29 Å². The highest BCUT2D eigenvalue weighted by Crippen LogP contribution is 2.57. The second-order valence-electron chi connectivity index (χ2n) is 10.3. The molecule has 10 nitrogen and oxygen atoms in total. The van der Waals surface area contributed by atoms with E-state index in [4.69, 9.17) is 15.2 Å². The van der Waals surface area contributed by atoms with Crippen molar-refractivity contribution < 1.29 is 33.2 Å². The number of nitrogens with one attached hydrogen (secondary N) is 1. The lowest BCUT2D eigenvalue weighted by Crippen LogP contribution is -2.50. The molecule has 0 aromatic heterocycles. The minimum atomic E-state index is -3.75. The summed E-state index contributed by atoms with van der Waals surface area (Å²) in [4.78, 5) is 52.2. The molecule has 0 spiro atoms. The lowest BCUT2D eigenvalue weighted by molar-refractivity contribution is -0.145. The number of hydrogen-bond donors (Lipinski definition) is 3. The van der Waals surface area contributed by atoms with E-state index in [0.717, 1.165) is 10.2 Å². The van der Waals surface area contributed by atoms with E-state index in [0.29, 0.717) is 11.1 Å². The maximum absolute atomic E-state index is 15.2. The highest BCUT2D eigenvalue weighted by Gasteiger charge is 2.42. The summed E-state index contributed by atoms with van der Waals surface area (Å²) in [5, 5.41) is 2.53. The van der Waals surface area contributed by atoms with Gasteiger partial charge in [0.05, 0.1) is 6.61 Å². The number of esters is 2. The van der Waals surface area contributed by atoms with Crippen molar-refractivity contribution in [1.82, 2.24) is 9.99 Å². The summed E-state index contributed by atoms with van der Waals surface area (Å²) in [6.45, 7) is 1.34. The van der Waals surface area contributed by atoms with Gasteiger partial charge in [-0.2, -0.15) is 12.6 Å². The first kappa shape index (κ1) is 35.6. The fraction of sp³-hybridized carbons (Fsp3) is 0.333. The van der Waals surface area contributed by atoms with Crippen LogP contribution < -0.4 is 11.1 Å². The summed E-state index contributed by atoms with van der Waals surface area (Å²) >= 11 is 4.39. The minimum Gasteiger partial charge on any atom is -0.465 e. The van der Waals surface area contributed by atoms with Gasteiger partial charge in [-0.1, -0.05) is 91.0 Å². The molecular formula is C33H40N3O7PS. The van der Waals surface area contributed by atoms with Crippen molar-refractivity contribution in [2.45, 2.75) is 50.8 Å². The molecule has 0 fully saturated rings. The Morgan fingerprint density at radius 3 is 1.84 bits per heavy atom. The third-order valence-electron chi connectivity index (χ3n) is 6.87. The number of nitrogens with two attached hydrogens (primary N) is 1. The lowest BCUT2D eigenvalue weighted by atomic mass is 10.1. The van der Waals surface area contributed by atoms with Crippen LogP contribution in [0.15, 0.2) is 91.0 Å². The van der Waals surface area contributed by atoms with Crippen LogP contribution in [0.25, 0.3) is 0 Å². The molecule has 0 saturated heterocycles. The molecule has 3 aromatic carbocycles. The second kappa shape index (κ2) is 18.1. The van der Waals surface area contributed by atoms with E-state index >= 15 is 4.57 Å². The third kappa shape index (κ3) is 11.2. The van der Waals surface area contributed by atoms with Gasteiger partial charge < -0.3 is 20.5 Å². The van der Waals surface area contributed by atoms with E-state index < -0.39 is 49.7 Å². The van der Waals surface area contributed by atoms with Crippen molar-refractivity contribution in [2.24, 2.45) is 5.73 Å². The Labute approximate surface area is 269 Å². The van der Waals surface area contributed by atoms with Gasteiger partial charge in [-0.3, -0.25) is 28.4 Å². The van der Waals surface area contributed by atoms with Gasteiger partial charge in [0.25, 0.3) is 0 Å².